The quantitative estimate of drug-likeness (QED) is 0.817. The maximum absolute atomic E-state index is 12.9. The smallest absolute Gasteiger partial charge is 0.126 e. The molecule has 84 valence electrons. The summed E-state index contributed by atoms with van der Waals surface area (Å²) in [6.45, 7) is 3.97. The maximum atomic E-state index is 12.9. The van der Waals surface area contributed by atoms with Gasteiger partial charge < -0.3 is 5.73 Å². The largest absolute Gasteiger partial charge is 0.325 e. The van der Waals surface area contributed by atoms with Gasteiger partial charge in [0.05, 0.1) is 0 Å². The lowest BCUT2D eigenvalue weighted by atomic mass is 9.87. The van der Waals surface area contributed by atoms with Gasteiger partial charge in [-0.1, -0.05) is 13.8 Å². The zero-order valence-corrected chi connectivity index (χ0v) is 9.19. The average molecular weight is 213 g/mol. The second-order valence-electron chi connectivity index (χ2n) is 4.02. The molecule has 1 aromatic carbocycles. The molecule has 0 spiro atoms. The van der Waals surface area contributed by atoms with Crippen LogP contribution >= 0.6 is 0 Å². The number of halogens is 2. The Balaban J connectivity index is 2.88. The van der Waals surface area contributed by atoms with E-state index >= 15 is 0 Å². The molecule has 1 rings (SSSR count). The monoisotopic (exact) mass is 213 g/mol. The first-order chi connectivity index (χ1) is 6.99. The fourth-order valence-electron chi connectivity index (χ4n) is 1.62. The highest BCUT2D eigenvalue weighted by Gasteiger charge is 2.21. The maximum Gasteiger partial charge on any atom is 0.126 e. The van der Waals surface area contributed by atoms with E-state index in [1.165, 1.54) is 12.1 Å². The van der Waals surface area contributed by atoms with Crippen molar-refractivity contribution >= 4 is 0 Å². The third kappa shape index (κ3) is 3.27. The van der Waals surface area contributed by atoms with E-state index in [0.717, 1.165) is 18.9 Å². The Bertz CT molecular complexity index is 312. The standard InChI is InChI=1S/C12H17F2N/c1-3-12(15,4-2)8-9-5-10(13)7-11(14)6-9/h5-7H,3-4,8,15H2,1-2H3. The van der Waals surface area contributed by atoms with Gasteiger partial charge in [-0.2, -0.15) is 0 Å². The molecule has 0 saturated heterocycles. The van der Waals surface area contributed by atoms with E-state index in [0.29, 0.717) is 12.0 Å². The van der Waals surface area contributed by atoms with Crippen LogP contribution in [-0.4, -0.2) is 5.54 Å². The van der Waals surface area contributed by atoms with Crippen LogP contribution in [0.1, 0.15) is 32.3 Å². The van der Waals surface area contributed by atoms with E-state index < -0.39 is 11.6 Å². The molecule has 0 aliphatic rings. The minimum Gasteiger partial charge on any atom is -0.325 e. The molecule has 0 saturated carbocycles. The molecule has 1 aromatic rings. The van der Waals surface area contributed by atoms with Gasteiger partial charge in [-0.05, 0) is 37.0 Å². The predicted octanol–water partition coefficient (Wildman–Crippen LogP) is 3.02. The first-order valence-corrected chi connectivity index (χ1v) is 5.23. The molecular formula is C12H17F2N. The Morgan fingerprint density at radius 1 is 1.07 bits per heavy atom. The normalized spacial score (nSPS) is 11.8. The van der Waals surface area contributed by atoms with Gasteiger partial charge in [0.15, 0.2) is 0 Å². The van der Waals surface area contributed by atoms with Crippen molar-refractivity contribution in [3.05, 3.63) is 35.4 Å². The number of hydrogen-bond donors (Lipinski definition) is 1. The molecule has 0 heterocycles. The van der Waals surface area contributed by atoms with Gasteiger partial charge in [0.25, 0.3) is 0 Å². The fraction of sp³-hybridized carbons (Fsp3) is 0.500. The van der Waals surface area contributed by atoms with E-state index in [2.05, 4.69) is 0 Å². The molecule has 0 atom stereocenters. The highest BCUT2D eigenvalue weighted by molar-refractivity contribution is 5.20. The van der Waals surface area contributed by atoms with Crippen LogP contribution < -0.4 is 5.73 Å². The van der Waals surface area contributed by atoms with Crippen LogP contribution in [0.15, 0.2) is 18.2 Å². The molecule has 2 N–H and O–H groups in total. The molecule has 3 heteroatoms. The van der Waals surface area contributed by atoms with E-state index in [-0.39, 0.29) is 5.54 Å². The van der Waals surface area contributed by atoms with Crippen LogP contribution in [0.4, 0.5) is 8.78 Å². The van der Waals surface area contributed by atoms with Crippen LogP contribution in [0.25, 0.3) is 0 Å². The van der Waals surface area contributed by atoms with Gasteiger partial charge in [0.1, 0.15) is 11.6 Å². The molecule has 0 unspecified atom stereocenters. The number of nitrogens with two attached hydrogens (primary N) is 1. The SMILES string of the molecule is CCC(N)(CC)Cc1cc(F)cc(F)c1. The van der Waals surface area contributed by atoms with Gasteiger partial charge in [-0.15, -0.1) is 0 Å². The second-order valence-corrected chi connectivity index (χ2v) is 4.02. The van der Waals surface area contributed by atoms with Crippen LogP contribution in [-0.2, 0) is 6.42 Å². The van der Waals surface area contributed by atoms with Crippen molar-refractivity contribution in [1.29, 1.82) is 0 Å². The molecule has 0 fully saturated rings. The molecule has 0 bridgehead atoms. The minimum absolute atomic E-state index is 0.361. The van der Waals surface area contributed by atoms with E-state index in [4.69, 9.17) is 5.73 Å². The Labute approximate surface area is 89.3 Å². The van der Waals surface area contributed by atoms with Crippen molar-refractivity contribution < 1.29 is 8.78 Å². The first-order valence-electron chi connectivity index (χ1n) is 5.23. The summed E-state index contributed by atoms with van der Waals surface area (Å²) in [5.41, 5.74) is 6.35. The number of rotatable bonds is 4. The Hall–Kier alpha value is -0.960. The topological polar surface area (TPSA) is 26.0 Å². The lowest BCUT2D eigenvalue weighted by Gasteiger charge is -2.26. The first kappa shape index (κ1) is 12.1. The summed E-state index contributed by atoms with van der Waals surface area (Å²) in [4.78, 5) is 0. The number of hydrogen-bond acceptors (Lipinski definition) is 1. The number of benzene rings is 1. The van der Waals surface area contributed by atoms with Crippen LogP contribution in [0, 0.1) is 11.6 Å². The van der Waals surface area contributed by atoms with Gasteiger partial charge in [0.2, 0.25) is 0 Å². The van der Waals surface area contributed by atoms with Crippen molar-refractivity contribution in [3.8, 4) is 0 Å². The lowest BCUT2D eigenvalue weighted by molar-refractivity contribution is 0.392. The molecule has 15 heavy (non-hydrogen) atoms. The third-order valence-electron chi connectivity index (χ3n) is 2.89. The molecule has 0 amide bonds. The zero-order chi connectivity index (χ0) is 11.5. The van der Waals surface area contributed by atoms with Crippen molar-refractivity contribution in [2.24, 2.45) is 5.73 Å². The summed E-state index contributed by atoms with van der Waals surface area (Å²) in [5.74, 6) is -1.08. The molecule has 0 aromatic heterocycles. The molecule has 0 aliphatic carbocycles. The Morgan fingerprint density at radius 2 is 1.53 bits per heavy atom. The van der Waals surface area contributed by atoms with Crippen molar-refractivity contribution in [2.45, 2.75) is 38.6 Å². The summed E-state index contributed by atoms with van der Waals surface area (Å²) < 4.78 is 25.9. The predicted molar refractivity (Wildman–Crippen MR) is 57.6 cm³/mol. The molecule has 0 radical (unpaired) electrons. The van der Waals surface area contributed by atoms with Crippen molar-refractivity contribution in [3.63, 3.8) is 0 Å². The Kier molecular flexibility index (Phi) is 3.80. The molecule has 0 aliphatic heterocycles. The summed E-state index contributed by atoms with van der Waals surface area (Å²) in [6.07, 6.45) is 2.10. The third-order valence-corrected chi connectivity index (χ3v) is 2.89. The van der Waals surface area contributed by atoms with Gasteiger partial charge in [-0.3, -0.25) is 0 Å². The summed E-state index contributed by atoms with van der Waals surface area (Å²) in [7, 11) is 0. The van der Waals surface area contributed by atoms with Crippen LogP contribution in [0.5, 0.6) is 0 Å². The van der Waals surface area contributed by atoms with Gasteiger partial charge >= 0.3 is 0 Å². The van der Waals surface area contributed by atoms with Crippen molar-refractivity contribution in [1.82, 2.24) is 0 Å². The van der Waals surface area contributed by atoms with E-state index in [1.807, 2.05) is 13.8 Å². The second kappa shape index (κ2) is 4.71. The lowest BCUT2D eigenvalue weighted by Crippen LogP contribution is -2.40. The summed E-state index contributed by atoms with van der Waals surface area (Å²) in [6, 6.07) is 3.56. The van der Waals surface area contributed by atoms with Crippen molar-refractivity contribution in [2.75, 3.05) is 0 Å². The molecule has 1 nitrogen and oxygen atoms in total. The highest BCUT2D eigenvalue weighted by Crippen LogP contribution is 2.19. The highest BCUT2D eigenvalue weighted by atomic mass is 19.1. The minimum atomic E-state index is -0.542. The summed E-state index contributed by atoms with van der Waals surface area (Å²) in [5, 5.41) is 0. The van der Waals surface area contributed by atoms with E-state index in [9.17, 15) is 8.78 Å². The van der Waals surface area contributed by atoms with Gasteiger partial charge in [-0.25, -0.2) is 8.78 Å². The van der Waals surface area contributed by atoms with Gasteiger partial charge in [0, 0.05) is 11.6 Å². The average Bonchev–Trinajstić information content (AvgIpc) is 2.16. The van der Waals surface area contributed by atoms with Crippen LogP contribution in [0.3, 0.4) is 0 Å². The zero-order valence-electron chi connectivity index (χ0n) is 9.19. The fourth-order valence-corrected chi connectivity index (χ4v) is 1.62. The summed E-state index contributed by atoms with van der Waals surface area (Å²) >= 11 is 0. The van der Waals surface area contributed by atoms with E-state index in [1.54, 1.807) is 0 Å². The molecular weight excluding hydrogens is 196 g/mol. The Morgan fingerprint density at radius 3 is 1.93 bits per heavy atom. The van der Waals surface area contributed by atoms with Crippen LogP contribution in [0.2, 0.25) is 0 Å².